The lowest BCUT2D eigenvalue weighted by Gasteiger charge is -2.36. The number of likely N-dealkylation sites (tertiary alicyclic amines) is 1. The number of hydrogen-bond acceptors (Lipinski definition) is 8. The van der Waals surface area contributed by atoms with E-state index in [0.717, 1.165) is 42.9 Å². The van der Waals surface area contributed by atoms with Crippen LogP contribution in [0.1, 0.15) is 58.7 Å². The number of nitrogens with one attached hydrogen (secondary N) is 1. The Morgan fingerprint density at radius 3 is 2.43 bits per heavy atom. The van der Waals surface area contributed by atoms with Gasteiger partial charge in [0.15, 0.2) is 11.5 Å². The Balaban J connectivity index is 0.000000159. The van der Waals surface area contributed by atoms with E-state index in [2.05, 4.69) is 56.8 Å². The van der Waals surface area contributed by atoms with Crippen LogP contribution in [0.4, 0.5) is 23.2 Å². The lowest BCUT2D eigenvalue weighted by atomic mass is 9.89. The van der Waals surface area contributed by atoms with Crippen LogP contribution >= 0.6 is 0 Å². The molecule has 0 spiro atoms. The maximum atomic E-state index is 13.9. The van der Waals surface area contributed by atoms with Crippen molar-refractivity contribution in [2.45, 2.75) is 49.5 Å². The third-order valence-corrected chi connectivity index (χ3v) is 11.0. The number of nitrogens with zero attached hydrogens (tertiary/aromatic N) is 4. The molecule has 4 N–H and O–H groups in total. The van der Waals surface area contributed by atoms with Crippen LogP contribution < -0.4 is 11.1 Å². The van der Waals surface area contributed by atoms with E-state index in [9.17, 15) is 32.3 Å². The molecule has 0 unspecified atom stereocenters. The minimum Gasteiger partial charge on any atom is -0.481 e. The van der Waals surface area contributed by atoms with Gasteiger partial charge < -0.3 is 25.6 Å². The van der Waals surface area contributed by atoms with Gasteiger partial charge in [-0.15, -0.1) is 0 Å². The number of benzene rings is 3. The average Bonchev–Trinajstić information content (AvgIpc) is 3.93. The number of fused-ring (bicyclic) bond motifs is 3. The number of hydrogen-bond donors (Lipinski definition) is 3. The molecule has 1 aliphatic heterocycles. The van der Waals surface area contributed by atoms with Crippen molar-refractivity contribution in [3.8, 4) is 22.5 Å². The predicted octanol–water partition coefficient (Wildman–Crippen LogP) is 6.49. The van der Waals surface area contributed by atoms with E-state index in [4.69, 9.17) is 10.3 Å². The number of carbonyl (C=O) groups is 2. The highest BCUT2D eigenvalue weighted by Gasteiger charge is 2.57. The number of carbonyl (C=O) groups excluding carboxylic acids is 1. The zero-order valence-corrected chi connectivity index (χ0v) is 28.9. The first-order chi connectivity index (χ1) is 25.9. The Labute approximate surface area is 307 Å². The van der Waals surface area contributed by atoms with Crippen molar-refractivity contribution in [3.05, 3.63) is 119 Å². The van der Waals surface area contributed by atoms with Crippen LogP contribution in [0.25, 0.3) is 22.5 Å². The van der Waals surface area contributed by atoms with Crippen LogP contribution in [0, 0.1) is 23.5 Å². The molecule has 0 radical (unpaired) electrons. The summed E-state index contributed by atoms with van der Waals surface area (Å²) in [6.07, 6.45) is 6.79. The summed E-state index contributed by atoms with van der Waals surface area (Å²) in [7, 11) is 0. The number of aliphatic carboxylic acids is 1. The number of rotatable bonds is 8. The first-order valence-corrected chi connectivity index (χ1v) is 17.8. The molecule has 54 heavy (non-hydrogen) atoms. The average molecular weight is 741 g/mol. The summed E-state index contributed by atoms with van der Waals surface area (Å²) in [5.74, 6) is -7.11. The number of amides is 1. The smallest absolute Gasteiger partial charge is 0.309 e. The highest BCUT2D eigenvalue weighted by atomic mass is 19.3. The maximum absolute atomic E-state index is 13.9. The van der Waals surface area contributed by atoms with E-state index < -0.39 is 47.3 Å². The first-order valence-electron chi connectivity index (χ1n) is 17.8. The molecule has 3 aliphatic carbocycles. The lowest BCUT2D eigenvalue weighted by Crippen LogP contribution is -2.54. The van der Waals surface area contributed by atoms with Gasteiger partial charge in [0.1, 0.15) is 17.5 Å². The summed E-state index contributed by atoms with van der Waals surface area (Å²) in [5.41, 5.74) is 13.7. The van der Waals surface area contributed by atoms with Crippen LogP contribution in [0.3, 0.4) is 0 Å². The van der Waals surface area contributed by atoms with E-state index in [1.165, 1.54) is 33.9 Å². The van der Waals surface area contributed by atoms with Gasteiger partial charge in [0.05, 0.1) is 16.9 Å². The fraction of sp³-hybridized carbons (Fsp3) is 0.325. The molecule has 0 bridgehead atoms. The molecule has 3 heterocycles. The molecular formula is C40H36F4N6O4. The van der Waals surface area contributed by atoms with Crippen molar-refractivity contribution in [1.82, 2.24) is 25.3 Å². The van der Waals surface area contributed by atoms with E-state index >= 15 is 0 Å². The molecule has 14 heteroatoms. The fourth-order valence-electron chi connectivity index (χ4n) is 7.77. The molecule has 1 amide bonds. The SMILES string of the molecule is Nc1c(C2(c3ncccn3)CC2)ccc2c1Cc1ccccc1-2.O=C(N[C@H]1CCN(C[C@@H]2CC2(F)F)C[C@@H]1C(=O)O)c1cc(-c2ccc(F)cc2F)on1. The second kappa shape index (κ2) is 13.7. The number of carboxylic acids is 1. The minimum absolute atomic E-state index is 0.0394. The van der Waals surface area contributed by atoms with Crippen LogP contribution in [-0.4, -0.2) is 68.6 Å². The second-order valence-corrected chi connectivity index (χ2v) is 14.5. The number of aromatic nitrogens is 3. The van der Waals surface area contributed by atoms with E-state index in [1.54, 1.807) is 4.90 Å². The molecule has 3 aromatic carbocycles. The number of nitrogen functional groups attached to an aromatic ring is 1. The number of alkyl halides is 2. The summed E-state index contributed by atoms with van der Waals surface area (Å²) in [4.78, 5) is 34.9. The Kier molecular flexibility index (Phi) is 8.95. The van der Waals surface area contributed by atoms with Crippen molar-refractivity contribution in [1.29, 1.82) is 0 Å². The van der Waals surface area contributed by atoms with Crippen molar-refractivity contribution in [2.24, 2.45) is 11.8 Å². The molecule has 278 valence electrons. The normalized spacial score (nSPS) is 21.6. The zero-order valence-electron chi connectivity index (χ0n) is 28.9. The van der Waals surface area contributed by atoms with Gasteiger partial charge in [-0.25, -0.2) is 27.5 Å². The number of carboxylic acid groups (broad SMARTS) is 1. The number of piperidine rings is 1. The molecule has 5 aromatic rings. The van der Waals surface area contributed by atoms with Gasteiger partial charge in [-0.2, -0.15) is 0 Å². The molecule has 2 saturated carbocycles. The van der Waals surface area contributed by atoms with Crippen molar-refractivity contribution in [3.63, 3.8) is 0 Å². The van der Waals surface area contributed by atoms with Crippen molar-refractivity contribution < 1.29 is 36.8 Å². The summed E-state index contributed by atoms with van der Waals surface area (Å²) in [6.45, 7) is 0.525. The molecule has 4 aliphatic rings. The zero-order chi connectivity index (χ0) is 37.8. The number of anilines is 1. The largest absolute Gasteiger partial charge is 0.481 e. The molecule has 3 atom stereocenters. The Hall–Kier alpha value is -5.63. The highest BCUT2D eigenvalue weighted by Crippen LogP contribution is 2.56. The summed E-state index contributed by atoms with van der Waals surface area (Å²) in [5, 5.41) is 15.7. The van der Waals surface area contributed by atoms with Gasteiger partial charge in [0.2, 0.25) is 0 Å². The van der Waals surface area contributed by atoms with Crippen LogP contribution in [0.15, 0.2) is 83.6 Å². The lowest BCUT2D eigenvalue weighted by molar-refractivity contribution is -0.144. The van der Waals surface area contributed by atoms with Gasteiger partial charge in [0.25, 0.3) is 11.8 Å². The monoisotopic (exact) mass is 740 g/mol. The van der Waals surface area contributed by atoms with Crippen LogP contribution in [0.2, 0.25) is 0 Å². The predicted molar refractivity (Wildman–Crippen MR) is 189 cm³/mol. The van der Waals surface area contributed by atoms with Gasteiger partial charge in [-0.1, -0.05) is 41.6 Å². The molecule has 10 nitrogen and oxygen atoms in total. The highest BCUT2D eigenvalue weighted by molar-refractivity contribution is 5.93. The molecular weight excluding hydrogens is 704 g/mol. The van der Waals surface area contributed by atoms with E-state index in [-0.39, 0.29) is 48.4 Å². The second-order valence-electron chi connectivity index (χ2n) is 14.5. The Bertz CT molecular complexity index is 2240. The van der Waals surface area contributed by atoms with Crippen molar-refractivity contribution in [2.75, 3.05) is 25.4 Å². The van der Waals surface area contributed by atoms with Crippen LogP contribution in [-0.2, 0) is 16.6 Å². The van der Waals surface area contributed by atoms with Crippen molar-refractivity contribution >= 4 is 17.6 Å². The van der Waals surface area contributed by atoms with Gasteiger partial charge >= 0.3 is 5.97 Å². The molecule has 1 saturated heterocycles. The summed E-state index contributed by atoms with van der Waals surface area (Å²) >= 11 is 0. The molecule has 9 rings (SSSR count). The third kappa shape index (κ3) is 6.70. The minimum atomic E-state index is -2.68. The first kappa shape index (κ1) is 35.4. The molecule has 2 aromatic heterocycles. The quantitative estimate of drug-likeness (QED) is 0.118. The summed E-state index contributed by atoms with van der Waals surface area (Å²) in [6, 6.07) is 18.2. The maximum Gasteiger partial charge on any atom is 0.309 e. The standard InChI is InChI=1S/C20H19F4N3O4.C20H17N3/c21-11-1-2-12(14(22)5-11)17-6-16(26-31-17)18(28)25-15-3-4-27(9-13(15)19(29)30)8-10-7-20(10,23)24;21-18-16-12-13-4-1-2-5-14(13)15(16)6-7-17(18)20(8-9-20)19-22-10-3-11-23-19/h1-2,5-6,10,13,15H,3-4,7-9H2,(H,25,28)(H,29,30);1-7,10-11H,8-9,12,21H2/t10-,13-,15-;/m0./s1. The Morgan fingerprint density at radius 2 is 1.72 bits per heavy atom. The number of halogens is 4. The van der Waals surface area contributed by atoms with Gasteiger partial charge in [0, 0.05) is 74.6 Å². The number of nitrogens with two attached hydrogens (primary N) is 1. The van der Waals surface area contributed by atoms with Gasteiger partial charge in [-0.3, -0.25) is 9.59 Å². The van der Waals surface area contributed by atoms with E-state index in [0.29, 0.717) is 12.6 Å². The third-order valence-electron chi connectivity index (χ3n) is 11.0. The fourth-order valence-corrected chi connectivity index (χ4v) is 7.77. The molecule has 3 fully saturated rings. The topological polar surface area (TPSA) is 147 Å². The Morgan fingerprint density at radius 1 is 0.981 bits per heavy atom. The van der Waals surface area contributed by atoms with E-state index in [1.807, 2.05) is 18.5 Å². The summed E-state index contributed by atoms with van der Waals surface area (Å²) < 4.78 is 58.2. The van der Waals surface area contributed by atoms with Crippen LogP contribution in [0.5, 0.6) is 0 Å². The van der Waals surface area contributed by atoms with Gasteiger partial charge in [-0.05, 0) is 65.3 Å².